The molecule has 7 nitrogen and oxygen atoms in total. The van der Waals surface area contributed by atoms with E-state index < -0.39 is 0 Å². The van der Waals surface area contributed by atoms with E-state index in [1.54, 1.807) is 0 Å². The Bertz CT molecular complexity index is 1130. The van der Waals surface area contributed by atoms with E-state index in [0.29, 0.717) is 43.6 Å². The van der Waals surface area contributed by atoms with Crippen molar-refractivity contribution in [2.75, 3.05) is 26.2 Å². The number of fused-ring (bicyclic) bond motifs is 1. The van der Waals surface area contributed by atoms with Crippen LogP contribution in [-0.2, 0) is 11.4 Å². The summed E-state index contributed by atoms with van der Waals surface area (Å²) in [6.45, 7) is 4.60. The normalized spacial score (nSPS) is 17.7. The minimum absolute atomic E-state index is 0.0786. The highest BCUT2D eigenvalue weighted by atomic mass is 16.5. The molecule has 5 rings (SSSR count). The van der Waals surface area contributed by atoms with E-state index in [9.17, 15) is 9.59 Å². The number of furan rings is 1. The summed E-state index contributed by atoms with van der Waals surface area (Å²) in [5, 5.41) is 3.96. The van der Waals surface area contributed by atoms with Gasteiger partial charge in [-0.1, -0.05) is 36.4 Å². The zero-order chi connectivity index (χ0) is 22.8. The van der Waals surface area contributed by atoms with E-state index in [0.717, 1.165) is 29.5 Å². The molecule has 3 aromatic rings. The Labute approximate surface area is 193 Å². The van der Waals surface area contributed by atoms with Crippen molar-refractivity contribution in [3.63, 3.8) is 0 Å². The van der Waals surface area contributed by atoms with E-state index >= 15 is 0 Å². The van der Waals surface area contributed by atoms with Gasteiger partial charge in [0.25, 0.3) is 5.91 Å². The second-order valence-electron chi connectivity index (χ2n) is 8.79. The molecule has 2 aliphatic rings. The number of hydrogen-bond donors (Lipinski definition) is 1. The maximum absolute atomic E-state index is 13.4. The lowest BCUT2D eigenvalue weighted by Gasteiger charge is -2.37. The van der Waals surface area contributed by atoms with Crippen LogP contribution in [0.2, 0.25) is 0 Å². The number of ether oxygens (including phenoxy) is 1. The monoisotopic (exact) mass is 447 g/mol. The molecule has 1 saturated heterocycles. The Morgan fingerprint density at radius 1 is 1.03 bits per heavy atom. The molecule has 0 bridgehead atoms. The summed E-state index contributed by atoms with van der Waals surface area (Å²) >= 11 is 0. The molecule has 1 aliphatic carbocycles. The second kappa shape index (κ2) is 9.27. The average Bonchev–Trinajstić information content (AvgIpc) is 3.60. The molecule has 7 heteroatoms. The summed E-state index contributed by atoms with van der Waals surface area (Å²) in [6.07, 6.45) is 2.16. The molecule has 1 aromatic heterocycles. The van der Waals surface area contributed by atoms with Crippen LogP contribution < -0.4 is 10.1 Å². The van der Waals surface area contributed by atoms with Gasteiger partial charge in [0, 0.05) is 43.2 Å². The standard InChI is InChI=1S/C26H29N3O4/c1-18(25(30)27-19-11-12-19)28-13-15-29(16-14-28)26(31)24-22(17-32-20-7-3-2-4-8-20)21-9-5-6-10-23(21)33-24/h2-10,18-19H,11-17H2,1H3,(H,27,30). The Hall–Kier alpha value is -3.32. The maximum atomic E-state index is 13.4. The number of amides is 2. The fourth-order valence-electron chi connectivity index (χ4n) is 4.26. The highest BCUT2D eigenvalue weighted by molar-refractivity contribution is 5.99. The molecule has 2 amide bonds. The molecule has 1 aliphatic heterocycles. The molecular weight excluding hydrogens is 418 g/mol. The summed E-state index contributed by atoms with van der Waals surface area (Å²) in [7, 11) is 0. The zero-order valence-corrected chi connectivity index (χ0v) is 18.8. The number of carbonyl (C=O) groups excluding carboxylic acids is 2. The first-order valence-corrected chi connectivity index (χ1v) is 11.6. The zero-order valence-electron chi connectivity index (χ0n) is 18.8. The SMILES string of the molecule is CC(C(=O)NC1CC1)N1CCN(C(=O)c2oc3ccccc3c2COc2ccccc2)CC1. The van der Waals surface area contributed by atoms with E-state index in [-0.39, 0.29) is 24.5 Å². The van der Waals surface area contributed by atoms with Gasteiger partial charge in [-0.05, 0) is 38.0 Å². The molecule has 1 unspecified atom stereocenters. The van der Waals surface area contributed by atoms with E-state index in [1.165, 1.54) is 0 Å². The summed E-state index contributed by atoms with van der Waals surface area (Å²) in [5.74, 6) is 1.02. The van der Waals surface area contributed by atoms with Crippen molar-refractivity contribution in [2.24, 2.45) is 0 Å². The lowest BCUT2D eigenvalue weighted by molar-refractivity contribution is -0.126. The van der Waals surface area contributed by atoms with E-state index in [2.05, 4.69) is 10.2 Å². The van der Waals surface area contributed by atoms with E-state index in [4.69, 9.17) is 9.15 Å². The van der Waals surface area contributed by atoms with Crippen LogP contribution in [0.25, 0.3) is 11.0 Å². The van der Waals surface area contributed by atoms with Crippen LogP contribution in [0.5, 0.6) is 5.75 Å². The van der Waals surface area contributed by atoms with Gasteiger partial charge in [0.15, 0.2) is 5.76 Å². The number of hydrogen-bond acceptors (Lipinski definition) is 5. The van der Waals surface area contributed by atoms with Gasteiger partial charge < -0.3 is 19.4 Å². The molecule has 2 fully saturated rings. The number of nitrogens with one attached hydrogen (secondary N) is 1. The van der Waals surface area contributed by atoms with Crippen molar-refractivity contribution in [2.45, 2.75) is 38.5 Å². The summed E-state index contributed by atoms with van der Waals surface area (Å²) in [6, 6.07) is 17.4. The molecule has 1 saturated carbocycles. The Kier molecular flexibility index (Phi) is 6.05. The number of para-hydroxylation sites is 2. The van der Waals surface area contributed by atoms with Crippen molar-refractivity contribution in [1.82, 2.24) is 15.1 Å². The number of rotatable bonds is 7. The van der Waals surface area contributed by atoms with Crippen LogP contribution in [-0.4, -0.2) is 59.9 Å². The minimum Gasteiger partial charge on any atom is -0.489 e. The van der Waals surface area contributed by atoms with Gasteiger partial charge >= 0.3 is 0 Å². The molecular formula is C26H29N3O4. The first-order valence-electron chi connectivity index (χ1n) is 11.6. The average molecular weight is 448 g/mol. The first-order chi connectivity index (χ1) is 16.1. The molecule has 1 N–H and O–H groups in total. The number of carbonyl (C=O) groups is 2. The molecule has 1 atom stereocenters. The van der Waals surface area contributed by atoms with Crippen LogP contribution in [0.3, 0.4) is 0 Å². The molecule has 2 heterocycles. The van der Waals surface area contributed by atoms with Gasteiger partial charge in [-0.2, -0.15) is 0 Å². The highest BCUT2D eigenvalue weighted by Gasteiger charge is 2.32. The van der Waals surface area contributed by atoms with Gasteiger partial charge in [-0.15, -0.1) is 0 Å². The summed E-state index contributed by atoms with van der Waals surface area (Å²) in [4.78, 5) is 29.8. The number of benzene rings is 2. The third-order valence-corrected chi connectivity index (χ3v) is 6.47. The topological polar surface area (TPSA) is 75.0 Å². The van der Waals surface area contributed by atoms with Crippen LogP contribution >= 0.6 is 0 Å². The highest BCUT2D eigenvalue weighted by Crippen LogP contribution is 2.29. The van der Waals surface area contributed by atoms with Crippen LogP contribution in [0.4, 0.5) is 0 Å². The van der Waals surface area contributed by atoms with Crippen molar-refractivity contribution in [3.05, 3.63) is 65.9 Å². The molecule has 0 radical (unpaired) electrons. The fraction of sp³-hybridized carbons (Fsp3) is 0.385. The lowest BCUT2D eigenvalue weighted by Crippen LogP contribution is -2.55. The summed E-state index contributed by atoms with van der Waals surface area (Å²) < 4.78 is 12.0. The Balaban J connectivity index is 1.28. The first kappa shape index (κ1) is 21.5. The number of piperazine rings is 1. The fourth-order valence-corrected chi connectivity index (χ4v) is 4.26. The largest absolute Gasteiger partial charge is 0.489 e. The van der Waals surface area contributed by atoms with Gasteiger partial charge in [-0.3, -0.25) is 14.5 Å². The van der Waals surface area contributed by atoms with Gasteiger partial charge in [0.2, 0.25) is 5.91 Å². The van der Waals surface area contributed by atoms with Crippen LogP contribution in [0.15, 0.2) is 59.0 Å². The second-order valence-corrected chi connectivity index (χ2v) is 8.79. The van der Waals surface area contributed by atoms with Crippen LogP contribution in [0.1, 0.15) is 35.9 Å². The van der Waals surface area contributed by atoms with Crippen LogP contribution in [0, 0.1) is 0 Å². The molecule has 2 aromatic carbocycles. The molecule has 33 heavy (non-hydrogen) atoms. The van der Waals surface area contributed by atoms with Crippen molar-refractivity contribution >= 4 is 22.8 Å². The van der Waals surface area contributed by atoms with Gasteiger partial charge in [-0.25, -0.2) is 0 Å². The van der Waals surface area contributed by atoms with Gasteiger partial charge in [0.1, 0.15) is 17.9 Å². The Morgan fingerprint density at radius 2 is 1.73 bits per heavy atom. The summed E-state index contributed by atoms with van der Waals surface area (Å²) in [5.41, 5.74) is 1.44. The minimum atomic E-state index is -0.191. The third kappa shape index (κ3) is 4.73. The Morgan fingerprint density at radius 3 is 2.45 bits per heavy atom. The smallest absolute Gasteiger partial charge is 0.290 e. The number of nitrogens with zero attached hydrogens (tertiary/aromatic N) is 2. The van der Waals surface area contributed by atoms with Gasteiger partial charge in [0.05, 0.1) is 6.04 Å². The third-order valence-electron chi connectivity index (χ3n) is 6.47. The predicted molar refractivity (Wildman–Crippen MR) is 125 cm³/mol. The predicted octanol–water partition coefficient (Wildman–Crippen LogP) is 3.44. The van der Waals surface area contributed by atoms with Crippen molar-refractivity contribution < 1.29 is 18.7 Å². The molecule has 0 spiro atoms. The quantitative estimate of drug-likeness (QED) is 0.601. The lowest BCUT2D eigenvalue weighted by atomic mass is 10.1. The maximum Gasteiger partial charge on any atom is 0.290 e. The molecule has 172 valence electrons. The van der Waals surface area contributed by atoms with Crippen molar-refractivity contribution in [3.8, 4) is 5.75 Å². The van der Waals surface area contributed by atoms with E-state index in [1.807, 2.05) is 66.4 Å². The van der Waals surface area contributed by atoms with Crippen molar-refractivity contribution in [1.29, 1.82) is 0 Å².